The van der Waals surface area contributed by atoms with Crippen molar-refractivity contribution in [2.24, 2.45) is 0 Å². The Bertz CT molecular complexity index is 338. The third-order valence-electron chi connectivity index (χ3n) is 1.58. The van der Waals surface area contributed by atoms with Crippen LogP contribution in [0, 0.1) is 0 Å². The van der Waals surface area contributed by atoms with Gasteiger partial charge in [-0.05, 0) is 21.5 Å². The summed E-state index contributed by atoms with van der Waals surface area (Å²) in [4.78, 5) is 11.1. The Hall–Kier alpha value is -1.15. The summed E-state index contributed by atoms with van der Waals surface area (Å²) in [5.74, 6) is 0. The van der Waals surface area contributed by atoms with E-state index in [0.717, 1.165) is 5.56 Å². The zero-order valence-corrected chi connectivity index (χ0v) is 8.62. The predicted octanol–water partition coefficient (Wildman–Crippen LogP) is 3.18. The second kappa shape index (κ2) is 4.77. The van der Waals surface area contributed by atoms with E-state index in [1.54, 1.807) is 12.2 Å². The molecule has 0 aliphatic rings. The van der Waals surface area contributed by atoms with Gasteiger partial charge in [0.25, 0.3) is 0 Å². The maximum atomic E-state index is 11.1. The van der Waals surface area contributed by atoms with E-state index in [0.29, 0.717) is 5.57 Å². The molecule has 0 N–H and O–H groups in total. The Balaban J connectivity index is 3.10. The number of carbonyl (C=O) groups is 1. The van der Waals surface area contributed by atoms with Crippen LogP contribution in [0.1, 0.15) is 5.56 Å². The van der Waals surface area contributed by atoms with E-state index in [-0.39, 0.29) is 4.69 Å². The van der Waals surface area contributed by atoms with Crippen molar-refractivity contribution < 1.29 is 4.79 Å². The fourth-order valence-electron chi connectivity index (χ4n) is 1.01. The summed E-state index contributed by atoms with van der Waals surface area (Å²) in [7, 11) is 0. The quantitative estimate of drug-likeness (QED) is 0.448. The molecule has 0 spiro atoms. The molecule has 66 valence electrons. The van der Waals surface area contributed by atoms with Crippen LogP contribution in [0.5, 0.6) is 0 Å². The highest BCUT2D eigenvalue weighted by molar-refractivity contribution is 9.18. The van der Waals surface area contributed by atoms with E-state index < -0.39 is 0 Å². The van der Waals surface area contributed by atoms with Gasteiger partial charge in [-0.15, -0.1) is 0 Å². The van der Waals surface area contributed by atoms with Gasteiger partial charge in [0.1, 0.15) is 0 Å². The first-order chi connectivity index (χ1) is 6.25. The van der Waals surface area contributed by atoms with Crippen LogP contribution in [0.25, 0.3) is 5.57 Å². The average Bonchev–Trinajstić information content (AvgIpc) is 2.15. The third kappa shape index (κ3) is 2.67. The molecule has 0 amide bonds. The van der Waals surface area contributed by atoms with Gasteiger partial charge in [-0.2, -0.15) is 0 Å². The van der Waals surface area contributed by atoms with E-state index >= 15 is 0 Å². The number of hydrogen-bond acceptors (Lipinski definition) is 1. The summed E-state index contributed by atoms with van der Waals surface area (Å²) in [5.41, 5.74) is 1.51. The number of benzene rings is 1. The second-order valence-electron chi connectivity index (χ2n) is 2.46. The molecule has 0 aliphatic carbocycles. The number of rotatable bonds is 3. The Morgan fingerprint density at radius 2 is 1.92 bits per heavy atom. The van der Waals surface area contributed by atoms with Crippen LogP contribution in [0.3, 0.4) is 0 Å². The lowest BCUT2D eigenvalue weighted by atomic mass is 10.1. The summed E-state index contributed by atoms with van der Waals surface area (Å²) >= 11 is 2.92. The molecule has 0 saturated heterocycles. The Kier molecular flexibility index (Phi) is 3.65. The Labute approximate surface area is 85.9 Å². The van der Waals surface area contributed by atoms with Crippen LogP contribution in [0.15, 0.2) is 49.1 Å². The number of allylic oxidation sites excluding steroid dienone is 3. The maximum absolute atomic E-state index is 11.1. The fourth-order valence-corrected chi connectivity index (χ4v) is 1.37. The number of halogens is 1. The van der Waals surface area contributed by atoms with Gasteiger partial charge in [-0.25, -0.2) is 0 Å². The van der Waals surface area contributed by atoms with E-state index in [9.17, 15) is 4.79 Å². The Morgan fingerprint density at radius 3 is 2.38 bits per heavy atom. The van der Waals surface area contributed by atoms with Crippen molar-refractivity contribution in [1.82, 2.24) is 0 Å². The zero-order chi connectivity index (χ0) is 9.68. The van der Waals surface area contributed by atoms with Crippen LogP contribution >= 0.6 is 15.9 Å². The molecule has 13 heavy (non-hydrogen) atoms. The SMILES string of the molecule is C=CC=C(C(=O)Br)c1ccccc1. The summed E-state index contributed by atoms with van der Waals surface area (Å²) < 4.78 is -0.126. The molecule has 2 heteroatoms. The number of hydrogen-bond donors (Lipinski definition) is 0. The predicted molar refractivity (Wildman–Crippen MR) is 58.6 cm³/mol. The molecule has 0 atom stereocenters. The lowest BCUT2D eigenvalue weighted by Gasteiger charge is -2.00. The summed E-state index contributed by atoms with van der Waals surface area (Å²) in [6, 6.07) is 9.46. The molecule has 0 bridgehead atoms. The number of carbonyl (C=O) groups excluding carboxylic acids is 1. The second-order valence-corrected chi connectivity index (χ2v) is 3.18. The van der Waals surface area contributed by atoms with Crippen molar-refractivity contribution in [1.29, 1.82) is 0 Å². The van der Waals surface area contributed by atoms with E-state index in [4.69, 9.17) is 0 Å². The summed E-state index contributed by atoms with van der Waals surface area (Å²) in [5, 5.41) is 0. The zero-order valence-electron chi connectivity index (χ0n) is 7.03. The Morgan fingerprint density at radius 1 is 1.31 bits per heavy atom. The molecular formula is C11H9BrO. The van der Waals surface area contributed by atoms with Gasteiger partial charge in [-0.1, -0.05) is 49.1 Å². The molecule has 1 nitrogen and oxygen atoms in total. The third-order valence-corrected chi connectivity index (χ3v) is 2.01. The highest BCUT2D eigenvalue weighted by Gasteiger charge is 2.05. The van der Waals surface area contributed by atoms with Crippen LogP contribution in [-0.2, 0) is 4.79 Å². The van der Waals surface area contributed by atoms with Crippen molar-refractivity contribution >= 4 is 26.2 Å². The topological polar surface area (TPSA) is 17.1 Å². The lowest BCUT2D eigenvalue weighted by Crippen LogP contribution is -1.91. The molecule has 1 aromatic carbocycles. The summed E-state index contributed by atoms with van der Waals surface area (Å²) in [6.45, 7) is 3.56. The van der Waals surface area contributed by atoms with Crippen LogP contribution in [0.4, 0.5) is 0 Å². The first-order valence-corrected chi connectivity index (χ1v) is 4.63. The fraction of sp³-hybridized carbons (Fsp3) is 0. The van der Waals surface area contributed by atoms with Crippen molar-refractivity contribution in [3.05, 3.63) is 54.6 Å². The summed E-state index contributed by atoms with van der Waals surface area (Å²) in [6.07, 6.45) is 3.29. The molecule has 0 unspecified atom stereocenters. The van der Waals surface area contributed by atoms with Gasteiger partial charge in [0.05, 0.1) is 0 Å². The van der Waals surface area contributed by atoms with E-state index in [2.05, 4.69) is 22.5 Å². The average molecular weight is 237 g/mol. The molecule has 0 saturated carbocycles. The van der Waals surface area contributed by atoms with Gasteiger partial charge in [0.15, 0.2) is 0 Å². The van der Waals surface area contributed by atoms with E-state index in [1.807, 2.05) is 30.3 Å². The van der Waals surface area contributed by atoms with Gasteiger partial charge in [0, 0.05) is 5.57 Å². The van der Waals surface area contributed by atoms with Gasteiger partial charge < -0.3 is 0 Å². The molecule has 0 radical (unpaired) electrons. The monoisotopic (exact) mass is 236 g/mol. The highest BCUT2D eigenvalue weighted by atomic mass is 79.9. The molecular weight excluding hydrogens is 228 g/mol. The standard InChI is InChI=1S/C11H9BrO/c1-2-6-10(11(12)13)9-7-4-3-5-8-9/h2-8H,1H2. The van der Waals surface area contributed by atoms with Crippen molar-refractivity contribution in [3.63, 3.8) is 0 Å². The molecule has 1 rings (SSSR count). The van der Waals surface area contributed by atoms with E-state index in [1.165, 1.54) is 0 Å². The van der Waals surface area contributed by atoms with Crippen molar-refractivity contribution in [2.45, 2.75) is 0 Å². The lowest BCUT2D eigenvalue weighted by molar-refractivity contribution is -0.105. The van der Waals surface area contributed by atoms with Crippen LogP contribution in [0.2, 0.25) is 0 Å². The molecule has 1 aromatic rings. The minimum absolute atomic E-state index is 0.126. The minimum Gasteiger partial charge on any atom is -0.281 e. The largest absolute Gasteiger partial charge is 0.281 e. The first kappa shape index (κ1) is 9.93. The van der Waals surface area contributed by atoms with Crippen molar-refractivity contribution in [2.75, 3.05) is 0 Å². The van der Waals surface area contributed by atoms with Crippen molar-refractivity contribution in [3.8, 4) is 0 Å². The normalized spacial score (nSPS) is 11.0. The van der Waals surface area contributed by atoms with Gasteiger partial charge in [0.2, 0.25) is 4.69 Å². The molecule has 0 aliphatic heterocycles. The first-order valence-electron chi connectivity index (χ1n) is 3.83. The van der Waals surface area contributed by atoms with Gasteiger partial charge >= 0.3 is 0 Å². The highest BCUT2D eigenvalue weighted by Crippen LogP contribution is 2.17. The molecule has 0 heterocycles. The van der Waals surface area contributed by atoms with Crippen LogP contribution < -0.4 is 0 Å². The molecule has 0 fully saturated rings. The minimum atomic E-state index is -0.126. The smallest absolute Gasteiger partial charge is 0.228 e. The molecule has 0 aromatic heterocycles. The van der Waals surface area contributed by atoms with Gasteiger partial charge in [-0.3, -0.25) is 4.79 Å². The van der Waals surface area contributed by atoms with Crippen LogP contribution in [-0.4, -0.2) is 4.69 Å². The maximum Gasteiger partial charge on any atom is 0.228 e.